The molecule has 0 unspecified atom stereocenters. The Hall–Kier alpha value is -1.11. The maximum atomic E-state index is 12.2. The Bertz CT molecular complexity index is 628. The van der Waals surface area contributed by atoms with E-state index in [1.807, 2.05) is 24.8 Å². The number of hydrogen-bond donors (Lipinski definition) is 1. The van der Waals surface area contributed by atoms with Gasteiger partial charge in [-0.15, -0.1) is 11.3 Å². The number of carbonyl (C=O) groups is 1. The third kappa shape index (κ3) is 2.97. The van der Waals surface area contributed by atoms with Crippen molar-refractivity contribution in [2.45, 2.75) is 19.1 Å². The summed E-state index contributed by atoms with van der Waals surface area (Å²) in [5, 5.41) is 3.04. The molecular formula is C13H12ClN3OS2. The lowest BCUT2D eigenvalue weighted by molar-refractivity contribution is 0.102. The van der Waals surface area contributed by atoms with Gasteiger partial charge in [-0.1, -0.05) is 11.6 Å². The van der Waals surface area contributed by atoms with E-state index in [2.05, 4.69) is 15.3 Å². The summed E-state index contributed by atoms with van der Waals surface area (Å²) in [5.74, 6) is 2.20. The number of anilines is 1. The molecule has 20 heavy (non-hydrogen) atoms. The van der Waals surface area contributed by atoms with Gasteiger partial charge in [0.2, 0.25) is 5.95 Å². The largest absolute Gasteiger partial charge is 0.290 e. The number of thiophene rings is 1. The third-order valence-corrected chi connectivity index (χ3v) is 5.34. The number of fused-ring (bicyclic) bond motifs is 1. The number of carbonyl (C=O) groups excluding carboxylic acids is 1. The fourth-order valence-electron chi connectivity index (χ4n) is 2.01. The molecule has 1 amide bonds. The maximum Gasteiger partial charge on any atom is 0.268 e. The van der Waals surface area contributed by atoms with E-state index < -0.39 is 0 Å². The minimum atomic E-state index is -0.170. The van der Waals surface area contributed by atoms with Gasteiger partial charge >= 0.3 is 0 Å². The average Bonchev–Trinajstić information content (AvgIpc) is 2.81. The molecule has 2 aromatic heterocycles. The Morgan fingerprint density at radius 3 is 3.00 bits per heavy atom. The van der Waals surface area contributed by atoms with Crippen molar-refractivity contribution >= 4 is 46.6 Å². The minimum absolute atomic E-state index is 0.170. The standard InChI is InChI=1S/C13H12ClN3OS2/c1-7-4-11(14)16-13(15-7)17-12(18)10-5-8-6-19-3-2-9(8)20-10/h4-5H,2-3,6H2,1H3,(H,15,16,17,18). The fraction of sp³-hybridized carbons (Fsp3) is 0.308. The second-order valence-corrected chi connectivity index (χ2v) is 7.10. The molecule has 3 heterocycles. The van der Waals surface area contributed by atoms with Crippen molar-refractivity contribution in [3.05, 3.63) is 38.3 Å². The molecular weight excluding hydrogens is 314 g/mol. The monoisotopic (exact) mass is 325 g/mol. The fourth-order valence-corrected chi connectivity index (χ4v) is 4.51. The summed E-state index contributed by atoms with van der Waals surface area (Å²) in [4.78, 5) is 22.4. The van der Waals surface area contributed by atoms with E-state index in [1.165, 1.54) is 10.4 Å². The van der Waals surface area contributed by atoms with E-state index in [-0.39, 0.29) is 11.9 Å². The molecule has 1 N–H and O–H groups in total. The SMILES string of the molecule is Cc1cc(Cl)nc(NC(=O)c2cc3c(s2)CCSC3)n1. The van der Waals surface area contributed by atoms with Gasteiger partial charge in [-0.2, -0.15) is 11.8 Å². The molecule has 0 saturated heterocycles. The van der Waals surface area contributed by atoms with Crippen LogP contribution in [0.15, 0.2) is 12.1 Å². The molecule has 3 rings (SSSR count). The van der Waals surface area contributed by atoms with Crippen LogP contribution in [0.2, 0.25) is 5.15 Å². The predicted octanol–water partition coefficient (Wildman–Crippen LogP) is 3.54. The maximum absolute atomic E-state index is 12.2. The van der Waals surface area contributed by atoms with Gasteiger partial charge in [0.25, 0.3) is 5.91 Å². The summed E-state index contributed by atoms with van der Waals surface area (Å²) < 4.78 is 0. The van der Waals surface area contributed by atoms with Crippen molar-refractivity contribution in [1.29, 1.82) is 0 Å². The molecule has 0 spiro atoms. The zero-order valence-electron chi connectivity index (χ0n) is 10.8. The lowest BCUT2D eigenvalue weighted by Crippen LogP contribution is -2.13. The summed E-state index contributed by atoms with van der Waals surface area (Å²) in [5.41, 5.74) is 2.00. The van der Waals surface area contributed by atoms with E-state index in [0.29, 0.717) is 10.0 Å². The zero-order chi connectivity index (χ0) is 14.1. The van der Waals surface area contributed by atoms with Crippen molar-refractivity contribution in [3.63, 3.8) is 0 Å². The minimum Gasteiger partial charge on any atom is -0.290 e. The molecule has 0 bridgehead atoms. The van der Waals surface area contributed by atoms with Gasteiger partial charge in [0, 0.05) is 16.3 Å². The van der Waals surface area contributed by atoms with Gasteiger partial charge in [0.15, 0.2) is 0 Å². The van der Waals surface area contributed by atoms with Gasteiger partial charge in [0.05, 0.1) is 4.88 Å². The summed E-state index contributed by atoms with van der Waals surface area (Å²) in [6.07, 6.45) is 1.05. The van der Waals surface area contributed by atoms with Crippen molar-refractivity contribution < 1.29 is 4.79 Å². The molecule has 1 aliphatic heterocycles. The van der Waals surface area contributed by atoms with Crippen LogP contribution < -0.4 is 5.32 Å². The van der Waals surface area contributed by atoms with E-state index in [0.717, 1.165) is 23.6 Å². The highest BCUT2D eigenvalue weighted by molar-refractivity contribution is 7.98. The molecule has 7 heteroatoms. The van der Waals surface area contributed by atoms with Gasteiger partial charge in [-0.05, 0) is 36.8 Å². The normalized spacial score (nSPS) is 13.9. The smallest absolute Gasteiger partial charge is 0.268 e. The van der Waals surface area contributed by atoms with Crippen LogP contribution in [-0.2, 0) is 12.2 Å². The number of hydrogen-bond acceptors (Lipinski definition) is 5. The molecule has 0 aliphatic carbocycles. The van der Waals surface area contributed by atoms with Gasteiger partial charge < -0.3 is 0 Å². The van der Waals surface area contributed by atoms with Gasteiger partial charge in [0.1, 0.15) is 5.15 Å². The molecule has 2 aromatic rings. The lowest BCUT2D eigenvalue weighted by Gasteiger charge is -2.08. The molecule has 4 nitrogen and oxygen atoms in total. The quantitative estimate of drug-likeness (QED) is 0.858. The van der Waals surface area contributed by atoms with Crippen LogP contribution in [0.25, 0.3) is 0 Å². The molecule has 0 atom stereocenters. The van der Waals surface area contributed by atoms with E-state index in [4.69, 9.17) is 11.6 Å². The van der Waals surface area contributed by atoms with Crippen LogP contribution in [0.4, 0.5) is 5.95 Å². The highest BCUT2D eigenvalue weighted by Gasteiger charge is 2.18. The van der Waals surface area contributed by atoms with E-state index in [9.17, 15) is 4.79 Å². The van der Waals surface area contributed by atoms with Crippen LogP contribution in [0.5, 0.6) is 0 Å². The van der Waals surface area contributed by atoms with E-state index in [1.54, 1.807) is 17.4 Å². The summed E-state index contributed by atoms with van der Waals surface area (Å²) in [6, 6.07) is 3.62. The van der Waals surface area contributed by atoms with Crippen molar-refractivity contribution in [2.75, 3.05) is 11.1 Å². The topological polar surface area (TPSA) is 54.9 Å². The Morgan fingerprint density at radius 1 is 1.40 bits per heavy atom. The number of nitrogens with one attached hydrogen (secondary N) is 1. The second-order valence-electron chi connectivity index (χ2n) is 4.47. The van der Waals surface area contributed by atoms with Crippen molar-refractivity contribution in [2.24, 2.45) is 0 Å². The number of rotatable bonds is 2. The first-order valence-corrected chi connectivity index (χ1v) is 8.48. The van der Waals surface area contributed by atoms with Gasteiger partial charge in [-0.3, -0.25) is 10.1 Å². The van der Waals surface area contributed by atoms with E-state index >= 15 is 0 Å². The Labute approximate surface area is 130 Å². The van der Waals surface area contributed by atoms with Crippen LogP contribution in [0.1, 0.15) is 25.8 Å². The summed E-state index contributed by atoms with van der Waals surface area (Å²) in [7, 11) is 0. The van der Waals surface area contributed by atoms with Crippen LogP contribution in [0, 0.1) is 6.92 Å². The Kier molecular flexibility index (Phi) is 3.96. The number of aromatic nitrogens is 2. The van der Waals surface area contributed by atoms with Crippen molar-refractivity contribution in [1.82, 2.24) is 9.97 Å². The molecule has 0 radical (unpaired) electrons. The first-order valence-electron chi connectivity index (χ1n) is 6.13. The van der Waals surface area contributed by atoms with Crippen LogP contribution in [0.3, 0.4) is 0 Å². The highest BCUT2D eigenvalue weighted by Crippen LogP contribution is 2.31. The molecule has 0 fully saturated rings. The highest BCUT2D eigenvalue weighted by atomic mass is 35.5. The average molecular weight is 326 g/mol. The first kappa shape index (κ1) is 13.9. The van der Waals surface area contributed by atoms with Crippen LogP contribution >= 0.6 is 34.7 Å². The predicted molar refractivity (Wildman–Crippen MR) is 83.9 cm³/mol. The number of thioether (sulfide) groups is 1. The zero-order valence-corrected chi connectivity index (χ0v) is 13.2. The molecule has 1 aliphatic rings. The van der Waals surface area contributed by atoms with Gasteiger partial charge in [-0.25, -0.2) is 9.97 Å². The Morgan fingerprint density at radius 2 is 2.25 bits per heavy atom. The number of amides is 1. The summed E-state index contributed by atoms with van der Waals surface area (Å²) >= 11 is 9.32. The molecule has 104 valence electrons. The molecule has 0 aromatic carbocycles. The van der Waals surface area contributed by atoms with Crippen LogP contribution in [-0.4, -0.2) is 21.6 Å². The number of aryl methyl sites for hydroxylation is 2. The summed E-state index contributed by atoms with van der Waals surface area (Å²) in [6.45, 7) is 1.81. The number of halogens is 1. The third-order valence-electron chi connectivity index (χ3n) is 2.90. The lowest BCUT2D eigenvalue weighted by atomic mass is 10.2. The molecule has 0 saturated carbocycles. The first-order chi connectivity index (χ1) is 9.61. The Balaban J connectivity index is 1.80. The second kappa shape index (κ2) is 5.71. The number of nitrogens with zero attached hydrogens (tertiary/aromatic N) is 2. The van der Waals surface area contributed by atoms with Crippen molar-refractivity contribution in [3.8, 4) is 0 Å².